The second kappa shape index (κ2) is 51.6. The maximum atomic E-state index is 13.2. The number of carbonyl (C=O) groups is 2. The molecule has 0 aliphatic carbocycles. The molecule has 6 heteroatoms. The lowest BCUT2D eigenvalue weighted by molar-refractivity contribution is -0.151. The largest absolute Gasteiger partial charge is 0.462 e. The summed E-state index contributed by atoms with van der Waals surface area (Å²) in [5.41, 5.74) is 0. The Morgan fingerprint density at radius 2 is 0.762 bits per heavy atom. The molecule has 0 saturated heterocycles. The molecule has 6 nitrogen and oxygen atoms in total. The van der Waals surface area contributed by atoms with Crippen LogP contribution in [0.25, 0.3) is 0 Å². The van der Waals surface area contributed by atoms with Gasteiger partial charge in [0.25, 0.3) is 0 Å². The zero-order valence-electron chi connectivity index (χ0n) is 42.7. The predicted molar refractivity (Wildman–Crippen MR) is 273 cm³/mol. The summed E-state index contributed by atoms with van der Waals surface area (Å²) in [5.74, 6) is -0.467. The van der Waals surface area contributed by atoms with Crippen molar-refractivity contribution in [1.29, 1.82) is 0 Å². The molecule has 0 fully saturated rings. The SMILES string of the molecule is CCCCCCCCC/C=C/CCCCCC(CC(=O)NC(CO)C(O)CCCCCCCCCCCCCC)OC(=O)CCCCCCCCCCCCCCCCCCCC. The Morgan fingerprint density at radius 3 is 1.14 bits per heavy atom. The number of unbranched alkanes of at least 4 members (excludes halogenated alkanes) is 38. The van der Waals surface area contributed by atoms with Crippen molar-refractivity contribution in [3.8, 4) is 0 Å². The predicted octanol–water partition coefficient (Wildman–Crippen LogP) is 17.3. The van der Waals surface area contributed by atoms with E-state index in [0.29, 0.717) is 19.3 Å². The average molecular weight is 891 g/mol. The highest BCUT2D eigenvalue weighted by Crippen LogP contribution is 2.19. The summed E-state index contributed by atoms with van der Waals surface area (Å²) in [4.78, 5) is 26.2. The van der Waals surface area contributed by atoms with Crippen LogP contribution in [0.4, 0.5) is 0 Å². The van der Waals surface area contributed by atoms with Gasteiger partial charge in [-0.25, -0.2) is 0 Å². The third-order valence-electron chi connectivity index (χ3n) is 13.3. The van der Waals surface area contributed by atoms with Crippen LogP contribution >= 0.6 is 0 Å². The van der Waals surface area contributed by atoms with Crippen LogP contribution in [0.15, 0.2) is 12.2 Å². The van der Waals surface area contributed by atoms with Crippen molar-refractivity contribution < 1.29 is 24.5 Å². The number of aliphatic hydroxyl groups excluding tert-OH is 2. The van der Waals surface area contributed by atoms with Crippen LogP contribution in [0.5, 0.6) is 0 Å². The zero-order valence-corrected chi connectivity index (χ0v) is 42.7. The van der Waals surface area contributed by atoms with Gasteiger partial charge in [0.05, 0.1) is 25.2 Å². The first-order chi connectivity index (χ1) is 31.0. The number of hydrogen-bond donors (Lipinski definition) is 3. The average Bonchev–Trinajstić information content (AvgIpc) is 3.28. The maximum Gasteiger partial charge on any atom is 0.306 e. The van der Waals surface area contributed by atoms with Crippen LogP contribution in [0.2, 0.25) is 0 Å². The third kappa shape index (κ3) is 46.9. The highest BCUT2D eigenvalue weighted by Gasteiger charge is 2.24. The van der Waals surface area contributed by atoms with Crippen LogP contribution in [0.1, 0.15) is 316 Å². The summed E-state index contributed by atoms with van der Waals surface area (Å²) in [6.45, 7) is 6.51. The van der Waals surface area contributed by atoms with E-state index in [2.05, 4.69) is 38.2 Å². The van der Waals surface area contributed by atoms with Crippen molar-refractivity contribution in [1.82, 2.24) is 5.32 Å². The van der Waals surface area contributed by atoms with Gasteiger partial charge in [0.1, 0.15) is 6.10 Å². The van der Waals surface area contributed by atoms with Gasteiger partial charge >= 0.3 is 5.97 Å². The normalized spacial score (nSPS) is 13.2. The smallest absolute Gasteiger partial charge is 0.306 e. The molecule has 0 saturated carbocycles. The van der Waals surface area contributed by atoms with Gasteiger partial charge in [0, 0.05) is 6.42 Å². The molecule has 374 valence electrons. The molecule has 0 aromatic rings. The summed E-state index contributed by atoms with van der Waals surface area (Å²) < 4.78 is 5.95. The highest BCUT2D eigenvalue weighted by molar-refractivity contribution is 5.77. The molecular weight excluding hydrogens is 779 g/mol. The fourth-order valence-corrected chi connectivity index (χ4v) is 9.02. The molecule has 0 aliphatic rings. The molecule has 0 aromatic heterocycles. The summed E-state index contributed by atoms with van der Waals surface area (Å²) in [6, 6.07) is -0.700. The summed E-state index contributed by atoms with van der Waals surface area (Å²) in [7, 11) is 0. The lowest BCUT2D eigenvalue weighted by Gasteiger charge is -2.24. The molecule has 0 heterocycles. The Kier molecular flexibility index (Phi) is 50.4. The van der Waals surface area contributed by atoms with Gasteiger partial charge in [-0.05, 0) is 51.4 Å². The first-order valence-electron chi connectivity index (χ1n) is 28.4. The van der Waals surface area contributed by atoms with E-state index in [4.69, 9.17) is 4.74 Å². The van der Waals surface area contributed by atoms with E-state index < -0.39 is 18.2 Å². The molecular formula is C57H111NO5. The number of ether oxygens (including phenoxy) is 1. The molecule has 0 aromatic carbocycles. The molecule has 0 radical (unpaired) electrons. The fourth-order valence-electron chi connectivity index (χ4n) is 9.02. The van der Waals surface area contributed by atoms with E-state index in [-0.39, 0.29) is 24.9 Å². The van der Waals surface area contributed by atoms with Crippen LogP contribution in [0.3, 0.4) is 0 Å². The first-order valence-corrected chi connectivity index (χ1v) is 28.4. The zero-order chi connectivity index (χ0) is 45.9. The summed E-state index contributed by atoms with van der Waals surface area (Å²) in [6.07, 6.45) is 58.5. The molecule has 3 N–H and O–H groups in total. The molecule has 3 unspecified atom stereocenters. The van der Waals surface area contributed by atoms with Gasteiger partial charge in [-0.2, -0.15) is 0 Å². The van der Waals surface area contributed by atoms with Gasteiger partial charge in [0.2, 0.25) is 5.91 Å². The van der Waals surface area contributed by atoms with Crippen molar-refractivity contribution in [3.63, 3.8) is 0 Å². The van der Waals surface area contributed by atoms with Gasteiger partial charge < -0.3 is 20.3 Å². The minimum atomic E-state index is -0.786. The number of nitrogens with one attached hydrogen (secondary N) is 1. The van der Waals surface area contributed by atoms with Crippen molar-refractivity contribution in [2.24, 2.45) is 0 Å². The summed E-state index contributed by atoms with van der Waals surface area (Å²) in [5, 5.41) is 23.8. The van der Waals surface area contributed by atoms with Gasteiger partial charge in [-0.15, -0.1) is 0 Å². The lowest BCUT2D eigenvalue weighted by atomic mass is 10.0. The van der Waals surface area contributed by atoms with E-state index in [1.807, 2.05) is 0 Å². The lowest BCUT2D eigenvalue weighted by Crippen LogP contribution is -2.46. The van der Waals surface area contributed by atoms with Crippen molar-refractivity contribution in [2.75, 3.05) is 6.61 Å². The maximum absolute atomic E-state index is 13.2. The standard InChI is InChI=1S/C57H111NO5/c1-4-7-10-13-16-19-22-25-27-28-29-30-32-35-38-41-44-47-50-57(62)63-53(48-45-42-39-36-33-31-26-23-20-17-14-11-8-5-2)51-56(61)58-54(52-59)55(60)49-46-43-40-37-34-24-21-18-15-12-9-6-3/h31,33,53-55,59-60H,4-30,32,34-52H2,1-3H3,(H,58,61)/b33-31+. The number of carbonyl (C=O) groups excluding carboxylic acids is 2. The van der Waals surface area contributed by atoms with E-state index in [1.54, 1.807) is 0 Å². The third-order valence-corrected chi connectivity index (χ3v) is 13.3. The van der Waals surface area contributed by atoms with Crippen LogP contribution < -0.4 is 5.32 Å². The van der Waals surface area contributed by atoms with E-state index in [9.17, 15) is 19.8 Å². The molecule has 0 rings (SSSR count). The van der Waals surface area contributed by atoms with Crippen molar-refractivity contribution in [3.05, 3.63) is 12.2 Å². The number of esters is 1. The number of allylic oxidation sites excluding steroid dienone is 2. The topological polar surface area (TPSA) is 95.9 Å². The van der Waals surface area contributed by atoms with Crippen LogP contribution in [-0.4, -0.2) is 46.9 Å². The number of amides is 1. The minimum absolute atomic E-state index is 0.0744. The fraction of sp³-hybridized carbons (Fsp3) is 0.930. The Morgan fingerprint density at radius 1 is 0.444 bits per heavy atom. The van der Waals surface area contributed by atoms with Crippen molar-refractivity contribution >= 4 is 11.9 Å². The minimum Gasteiger partial charge on any atom is -0.462 e. The van der Waals surface area contributed by atoms with Gasteiger partial charge in [-0.3, -0.25) is 9.59 Å². The quantitative estimate of drug-likeness (QED) is 0.0321. The summed E-state index contributed by atoms with van der Waals surface area (Å²) >= 11 is 0. The molecule has 3 atom stereocenters. The highest BCUT2D eigenvalue weighted by atomic mass is 16.5. The molecule has 63 heavy (non-hydrogen) atoms. The molecule has 0 spiro atoms. The Hall–Kier alpha value is -1.40. The van der Waals surface area contributed by atoms with Gasteiger partial charge in [-0.1, -0.05) is 264 Å². The number of hydrogen-bond acceptors (Lipinski definition) is 5. The van der Waals surface area contributed by atoms with Gasteiger partial charge in [0.15, 0.2) is 0 Å². The second-order valence-electron chi connectivity index (χ2n) is 19.7. The Labute approximate surface area is 393 Å². The number of rotatable bonds is 52. The van der Waals surface area contributed by atoms with Crippen LogP contribution in [0, 0.1) is 0 Å². The van der Waals surface area contributed by atoms with E-state index >= 15 is 0 Å². The first kappa shape index (κ1) is 61.6. The molecule has 1 amide bonds. The molecule has 0 bridgehead atoms. The monoisotopic (exact) mass is 890 g/mol. The molecule has 0 aliphatic heterocycles. The van der Waals surface area contributed by atoms with Crippen LogP contribution in [-0.2, 0) is 14.3 Å². The van der Waals surface area contributed by atoms with E-state index in [1.165, 1.54) is 212 Å². The second-order valence-corrected chi connectivity index (χ2v) is 19.7. The Balaban J connectivity index is 4.50. The Bertz CT molecular complexity index is 955. The van der Waals surface area contributed by atoms with Crippen molar-refractivity contribution in [2.45, 2.75) is 334 Å². The van der Waals surface area contributed by atoms with E-state index in [0.717, 1.165) is 57.8 Å². The number of aliphatic hydroxyl groups is 2.